The van der Waals surface area contributed by atoms with Crippen molar-refractivity contribution >= 4 is 89.2 Å². The molecular weight excluding hydrogens is 1530 g/mol. The molecule has 2 rings (SSSR count). The van der Waals surface area contributed by atoms with E-state index >= 15 is 14.4 Å². The van der Waals surface area contributed by atoms with Gasteiger partial charge in [0.05, 0.1) is 30.3 Å². The molecule has 0 aromatic heterocycles. The number of carbonyl (C=O) groups is 15. The lowest BCUT2D eigenvalue weighted by Crippen LogP contribution is -2.60. The lowest BCUT2D eigenvalue weighted by Gasteiger charge is -2.29. The Balaban J connectivity index is 3.04. The maximum atomic E-state index is 15.3. The Bertz CT molecular complexity index is 3390. The molecule has 0 bridgehead atoms. The van der Waals surface area contributed by atoms with E-state index in [-0.39, 0.29) is 122 Å². The number of hydrogen-bond acceptors (Lipinski definition) is 25. The van der Waals surface area contributed by atoms with Crippen LogP contribution in [0, 0.1) is 17.8 Å². The number of ether oxygens (including phenoxy) is 5. The number of esters is 1. The second kappa shape index (κ2) is 52.6. The highest BCUT2D eigenvalue weighted by atomic mass is 16.6. The van der Waals surface area contributed by atoms with Gasteiger partial charge >= 0.3 is 30.3 Å². The fourth-order valence-corrected chi connectivity index (χ4v) is 12.1. The summed E-state index contributed by atoms with van der Waals surface area (Å²) in [4.78, 5) is 213. The summed E-state index contributed by atoms with van der Waals surface area (Å²) in [6.45, 7) is 25.3. The first kappa shape index (κ1) is 105. The highest BCUT2D eigenvalue weighted by Crippen LogP contribution is 2.20. The first-order valence-electron chi connectivity index (χ1n) is 41.1. The van der Waals surface area contributed by atoms with Crippen LogP contribution in [0.5, 0.6) is 0 Å². The highest BCUT2D eigenvalue weighted by molar-refractivity contribution is 5.98. The van der Waals surface area contributed by atoms with E-state index < -0.39 is 203 Å². The second-order valence-electron chi connectivity index (χ2n) is 34.2. The molecule has 37 nitrogen and oxygen atoms in total. The zero-order valence-corrected chi connectivity index (χ0v) is 72.4. The quantitative estimate of drug-likeness (QED) is 0.0257. The third-order valence-electron chi connectivity index (χ3n) is 18.0. The number of rotatable bonds is 38. The summed E-state index contributed by atoms with van der Waals surface area (Å²) in [5.41, 5.74) is 8.42. The van der Waals surface area contributed by atoms with Gasteiger partial charge in [-0.15, -0.1) is 0 Å². The molecule has 1 heterocycles. The van der Waals surface area contributed by atoms with Crippen LogP contribution in [0.2, 0.25) is 0 Å². The number of carbonyl (C=O) groups excluding carboxylic acids is 15. The number of Topliss-reactive ketones (excluding diaryl/α,β-unsaturated/α-hetero) is 2. The molecule has 1 aromatic carbocycles. The Kier molecular flexibility index (Phi) is 46.7. The molecule has 12 amide bonds. The van der Waals surface area contributed by atoms with Crippen LogP contribution in [-0.4, -0.2) is 241 Å². The molecular formula is C81H139N15O22. The fraction of sp³-hybridized carbons (Fsp3) is 0.741. The molecule has 0 aliphatic carbocycles. The topological polar surface area (TPSA) is 551 Å². The highest BCUT2D eigenvalue weighted by Gasteiger charge is 2.39. The zero-order chi connectivity index (χ0) is 89.3. The maximum absolute atomic E-state index is 15.3. The predicted molar refractivity (Wildman–Crippen MR) is 438 cm³/mol. The van der Waals surface area contributed by atoms with Crippen LogP contribution in [0.4, 0.5) is 19.2 Å². The van der Waals surface area contributed by atoms with Crippen LogP contribution in [0.15, 0.2) is 30.3 Å². The SMILES string of the molecule is CCCCCCCC(=O)O[C@@H](CCN)C(=O)N[C@@H](CCN)C(=O)N[C@H](C(=O)N[C@@H](CCNC(=O)OC(C)(C)C)C(=O)C[C@H]1CCNC(=O)[C@H](C(C)O)NC(=O)[C@H](CCNC(=O)OC(C)(C)C)CC(=O)[C@H](CCNC(=O)OC(C)(C)C)NC(=O)[C@H](CC(C)C)NC(=O)[C@@H](Cc2ccccc2)NC(=O)[C@H](CCNC(=O)OC(C)(C)C)NC1)C(C)O. The van der Waals surface area contributed by atoms with E-state index in [9.17, 15) is 67.7 Å². The Morgan fingerprint density at radius 1 is 0.534 bits per heavy atom. The molecule has 1 aliphatic rings. The average Bonchev–Trinajstić information content (AvgIpc) is 0.971. The number of amides is 12. The van der Waals surface area contributed by atoms with Crippen molar-refractivity contribution in [3.05, 3.63) is 35.9 Å². The molecule has 118 heavy (non-hydrogen) atoms. The minimum absolute atomic E-state index is 0.0247. The zero-order valence-electron chi connectivity index (χ0n) is 72.4. The van der Waals surface area contributed by atoms with Crippen molar-refractivity contribution in [3.8, 4) is 0 Å². The molecule has 19 N–H and O–H groups in total. The number of nitrogens with two attached hydrogens (primary N) is 2. The number of unbranched alkanes of at least 4 members (excludes halogenated alkanes) is 4. The van der Waals surface area contributed by atoms with Gasteiger partial charge in [-0.1, -0.05) is 76.8 Å². The summed E-state index contributed by atoms with van der Waals surface area (Å²) in [5.74, 6) is -12.7. The number of benzene rings is 1. The van der Waals surface area contributed by atoms with Gasteiger partial charge in [-0.25, -0.2) is 19.2 Å². The monoisotopic (exact) mass is 1670 g/mol. The van der Waals surface area contributed by atoms with Gasteiger partial charge in [0, 0.05) is 70.7 Å². The first-order valence-corrected chi connectivity index (χ1v) is 41.1. The van der Waals surface area contributed by atoms with E-state index in [0.29, 0.717) is 12.0 Å². The number of nitrogens with one attached hydrogen (secondary N) is 13. The van der Waals surface area contributed by atoms with E-state index in [2.05, 4.69) is 69.1 Å². The van der Waals surface area contributed by atoms with Crippen LogP contribution in [-0.2, 0) is 82.8 Å². The number of aliphatic hydroxyl groups excluding tert-OH is 2. The summed E-state index contributed by atoms with van der Waals surface area (Å²) >= 11 is 0. The number of alkyl carbamates (subject to hydrolysis) is 4. The van der Waals surface area contributed by atoms with Crippen molar-refractivity contribution in [1.29, 1.82) is 0 Å². The minimum Gasteiger partial charge on any atom is -0.452 e. The minimum atomic E-state index is -1.87. The molecule has 670 valence electrons. The standard InChI is InChI=1S/C81H139N15O22/c1-18-19-20-21-25-28-63(101)114-62(30-37-83)71(107)92-57(29-36-82)68(104)96-65(50(5)98)73(109)91-54(33-40-86-75(111)116-79(9,10)11)60(99)45-52-31-38-84-72(108)64(49(4)97)95-66(102)53(32-39-85-74(110)115-78(6,7)8)46-61(100)55(34-41-87-76(112)117-80(12,13)14)90-69(105)58(43-48(2)3)93-70(106)59(44-51-26-23-22-24-27-51)94-67(103)56(89-47-52)35-42-88-77(113)118-81(15,16)17/h22-24,26-27,48-50,52-59,62,64-65,89,97-98H,18-21,25,28-47,82-83H2,1-17H3,(H,84,108)(H,85,110)(H,86,111)(H,87,112)(H,88,113)(H,90,105)(H,91,109)(H,92,107)(H,93,106)(H,94,103)(H,95,102)(H,96,104)/t49?,50?,52-,53-,54+,55+,56+,57+,58+,59-,62+,64+,65+/m1/s1. The maximum Gasteiger partial charge on any atom is 0.407 e. The van der Waals surface area contributed by atoms with Crippen LogP contribution in [0.3, 0.4) is 0 Å². The lowest BCUT2D eigenvalue weighted by molar-refractivity contribution is -0.156. The van der Waals surface area contributed by atoms with E-state index in [0.717, 1.165) is 32.6 Å². The van der Waals surface area contributed by atoms with E-state index in [4.69, 9.17) is 35.2 Å². The number of hydrogen-bond donors (Lipinski definition) is 17. The molecule has 1 aromatic rings. The van der Waals surface area contributed by atoms with Crippen molar-refractivity contribution in [2.45, 2.75) is 316 Å². The Morgan fingerprint density at radius 3 is 1.54 bits per heavy atom. The Labute approximate surface area is 694 Å². The third kappa shape index (κ3) is 45.0. The molecule has 0 saturated carbocycles. The largest absolute Gasteiger partial charge is 0.452 e. The summed E-state index contributed by atoms with van der Waals surface area (Å²) in [6.07, 6.45) is -7.43. The number of ketones is 2. The molecule has 1 saturated heterocycles. The van der Waals surface area contributed by atoms with Crippen molar-refractivity contribution in [1.82, 2.24) is 69.1 Å². The number of aliphatic hydroxyl groups is 2. The molecule has 1 aliphatic heterocycles. The van der Waals surface area contributed by atoms with Gasteiger partial charge in [0.15, 0.2) is 17.7 Å². The van der Waals surface area contributed by atoms with Gasteiger partial charge in [0.2, 0.25) is 41.4 Å². The lowest BCUT2D eigenvalue weighted by atomic mass is 9.92. The van der Waals surface area contributed by atoms with Crippen LogP contribution >= 0.6 is 0 Å². The van der Waals surface area contributed by atoms with Crippen molar-refractivity contribution in [2.24, 2.45) is 29.2 Å². The van der Waals surface area contributed by atoms with Gasteiger partial charge < -0.3 is 114 Å². The summed E-state index contributed by atoms with van der Waals surface area (Å²) in [7, 11) is 0. The van der Waals surface area contributed by atoms with E-state index in [1.54, 1.807) is 127 Å². The van der Waals surface area contributed by atoms with Gasteiger partial charge in [0.1, 0.15) is 52.6 Å². The molecule has 0 radical (unpaired) electrons. The molecule has 0 spiro atoms. The van der Waals surface area contributed by atoms with Gasteiger partial charge in [-0.3, -0.25) is 52.7 Å². The van der Waals surface area contributed by atoms with Crippen molar-refractivity contribution in [3.63, 3.8) is 0 Å². The van der Waals surface area contributed by atoms with Crippen molar-refractivity contribution in [2.75, 3.05) is 52.4 Å². The predicted octanol–water partition coefficient (Wildman–Crippen LogP) is 2.69. The van der Waals surface area contributed by atoms with Gasteiger partial charge in [0.25, 0.3) is 5.91 Å². The normalized spacial score (nSPS) is 20.1. The first-order chi connectivity index (χ1) is 55.0. The Morgan fingerprint density at radius 2 is 1.03 bits per heavy atom. The van der Waals surface area contributed by atoms with E-state index in [1.165, 1.54) is 6.92 Å². The smallest absolute Gasteiger partial charge is 0.407 e. The third-order valence-corrected chi connectivity index (χ3v) is 18.0. The second-order valence-corrected chi connectivity index (χ2v) is 34.2. The molecule has 13 atom stereocenters. The molecule has 1 fully saturated rings. The van der Waals surface area contributed by atoms with Gasteiger partial charge in [-0.2, -0.15) is 0 Å². The molecule has 2 unspecified atom stereocenters. The average molecular weight is 1680 g/mol. The van der Waals surface area contributed by atoms with Crippen LogP contribution in [0.1, 0.15) is 226 Å². The summed E-state index contributed by atoms with van der Waals surface area (Å²) < 4.78 is 27.3. The van der Waals surface area contributed by atoms with Crippen molar-refractivity contribution < 1.29 is 106 Å². The summed E-state index contributed by atoms with van der Waals surface area (Å²) in [5, 5.41) is 57.2. The summed E-state index contributed by atoms with van der Waals surface area (Å²) in [6, 6.07) is -4.06. The van der Waals surface area contributed by atoms with Gasteiger partial charge in [-0.05, 0) is 185 Å². The van der Waals surface area contributed by atoms with Crippen LogP contribution < -0.4 is 80.6 Å². The molecule has 37 heteroatoms. The van der Waals surface area contributed by atoms with E-state index in [1.807, 2.05) is 6.92 Å². The van der Waals surface area contributed by atoms with Crippen LogP contribution in [0.25, 0.3) is 0 Å². The Hall–Kier alpha value is -9.33. The fourth-order valence-electron chi connectivity index (χ4n) is 12.1.